The molecule has 1 aromatic carbocycles. The molecule has 0 aliphatic rings. The molecular weight excluding hydrogens is 354 g/mol. The molecule has 0 aliphatic heterocycles. The van der Waals surface area contributed by atoms with E-state index in [0.29, 0.717) is 29.0 Å². The minimum Gasteiger partial charge on any atom is -0.439 e. The van der Waals surface area contributed by atoms with Crippen LogP contribution < -0.4 is 9.46 Å². The molecule has 1 N–H and O–H groups in total. The van der Waals surface area contributed by atoms with E-state index in [4.69, 9.17) is 4.74 Å². The molecule has 0 atom stereocenters. The summed E-state index contributed by atoms with van der Waals surface area (Å²) in [5.74, 6) is 2.08. The van der Waals surface area contributed by atoms with Crippen molar-refractivity contribution >= 4 is 15.7 Å². The maximum Gasteiger partial charge on any atom is 0.229 e. The van der Waals surface area contributed by atoms with Crippen LogP contribution in [0.5, 0.6) is 11.6 Å². The number of sulfonamides is 1. The van der Waals surface area contributed by atoms with E-state index in [0.717, 1.165) is 17.6 Å². The van der Waals surface area contributed by atoms with Gasteiger partial charge in [0.2, 0.25) is 15.9 Å². The van der Waals surface area contributed by atoms with Gasteiger partial charge >= 0.3 is 0 Å². The van der Waals surface area contributed by atoms with Crippen molar-refractivity contribution in [3.63, 3.8) is 0 Å². The average molecular weight is 373 g/mol. The van der Waals surface area contributed by atoms with Gasteiger partial charge in [0.05, 0.1) is 11.9 Å². The highest BCUT2D eigenvalue weighted by Crippen LogP contribution is 2.23. The van der Waals surface area contributed by atoms with Crippen molar-refractivity contribution in [2.24, 2.45) is 0 Å². The Bertz CT molecular complexity index is 1040. The summed E-state index contributed by atoms with van der Waals surface area (Å²) < 4.78 is 32.4. The summed E-state index contributed by atoms with van der Waals surface area (Å²) in [6.07, 6.45) is 1.10. The zero-order valence-corrected chi connectivity index (χ0v) is 15.7. The fraction of sp³-hybridized carbons (Fsp3) is 0.235. The summed E-state index contributed by atoms with van der Waals surface area (Å²) in [5.41, 5.74) is 2.32. The number of rotatable bonds is 5. The molecule has 8 nitrogen and oxygen atoms in total. The number of hydrogen-bond acceptors (Lipinski definition) is 6. The van der Waals surface area contributed by atoms with Gasteiger partial charge in [-0.3, -0.25) is 4.72 Å². The summed E-state index contributed by atoms with van der Waals surface area (Å²) in [7, 11) is -3.31. The van der Waals surface area contributed by atoms with E-state index in [2.05, 4.69) is 19.8 Å². The lowest BCUT2D eigenvalue weighted by molar-refractivity contribution is 0.459. The fourth-order valence-electron chi connectivity index (χ4n) is 2.47. The lowest BCUT2D eigenvalue weighted by Gasteiger charge is -2.10. The highest BCUT2D eigenvalue weighted by molar-refractivity contribution is 7.92. The number of aryl methyl sites for hydroxylation is 3. The van der Waals surface area contributed by atoms with Gasteiger partial charge in [0, 0.05) is 17.4 Å². The first-order chi connectivity index (χ1) is 12.2. The maximum absolute atomic E-state index is 11.2. The van der Waals surface area contributed by atoms with Gasteiger partial charge < -0.3 is 4.74 Å². The first-order valence-corrected chi connectivity index (χ1v) is 9.74. The summed E-state index contributed by atoms with van der Waals surface area (Å²) in [6, 6.07) is 10.2. The maximum atomic E-state index is 11.2. The minimum absolute atomic E-state index is 0.379. The SMILES string of the molecule is Cc1cc(C)n(-c2cc(Oc3ccc(NS(C)(=O)=O)cc3)nc(C)n2)n1. The van der Waals surface area contributed by atoms with E-state index in [1.54, 1.807) is 41.9 Å². The number of ether oxygens (including phenoxy) is 1. The Kier molecular flexibility index (Phi) is 4.64. The number of benzene rings is 1. The van der Waals surface area contributed by atoms with Crippen LogP contribution >= 0.6 is 0 Å². The molecule has 0 saturated carbocycles. The normalized spacial score (nSPS) is 11.4. The highest BCUT2D eigenvalue weighted by atomic mass is 32.2. The highest BCUT2D eigenvalue weighted by Gasteiger charge is 2.10. The molecule has 0 spiro atoms. The van der Waals surface area contributed by atoms with Crippen molar-refractivity contribution in [3.8, 4) is 17.4 Å². The van der Waals surface area contributed by atoms with Crippen LogP contribution in [-0.2, 0) is 10.0 Å². The van der Waals surface area contributed by atoms with E-state index in [1.165, 1.54) is 0 Å². The Labute approximate surface area is 151 Å². The molecule has 3 aromatic rings. The predicted octanol–water partition coefficient (Wildman–Crippen LogP) is 2.75. The van der Waals surface area contributed by atoms with Crippen LogP contribution in [0.2, 0.25) is 0 Å². The van der Waals surface area contributed by atoms with Crippen molar-refractivity contribution < 1.29 is 13.2 Å². The Balaban J connectivity index is 1.85. The Hall–Kier alpha value is -2.94. The summed E-state index contributed by atoms with van der Waals surface area (Å²) in [6.45, 7) is 5.65. The van der Waals surface area contributed by atoms with Gasteiger partial charge in [0.15, 0.2) is 5.82 Å². The van der Waals surface area contributed by atoms with E-state index < -0.39 is 10.0 Å². The molecule has 0 fully saturated rings. The van der Waals surface area contributed by atoms with Crippen molar-refractivity contribution in [2.75, 3.05) is 11.0 Å². The van der Waals surface area contributed by atoms with Gasteiger partial charge in [-0.1, -0.05) is 0 Å². The van der Waals surface area contributed by atoms with Crippen LogP contribution in [0.15, 0.2) is 36.4 Å². The Morgan fingerprint density at radius 3 is 2.31 bits per heavy atom. The third kappa shape index (κ3) is 4.37. The first kappa shape index (κ1) is 17.9. The first-order valence-electron chi connectivity index (χ1n) is 7.85. The molecule has 2 heterocycles. The molecule has 0 bridgehead atoms. The van der Waals surface area contributed by atoms with E-state index in [-0.39, 0.29) is 0 Å². The van der Waals surface area contributed by atoms with Crippen molar-refractivity contribution in [2.45, 2.75) is 20.8 Å². The number of anilines is 1. The number of aromatic nitrogens is 4. The smallest absolute Gasteiger partial charge is 0.229 e. The standard InChI is InChI=1S/C17H19N5O3S/c1-11-9-12(2)22(20-11)16-10-17(19-13(3)18-16)25-15-7-5-14(6-8-15)21-26(4,23)24/h5-10,21H,1-4H3. The number of nitrogens with zero attached hydrogens (tertiary/aromatic N) is 4. The summed E-state index contributed by atoms with van der Waals surface area (Å²) in [5, 5.41) is 4.42. The Morgan fingerprint density at radius 2 is 1.73 bits per heavy atom. The van der Waals surface area contributed by atoms with E-state index in [1.807, 2.05) is 19.9 Å². The molecular formula is C17H19N5O3S. The second-order valence-electron chi connectivity index (χ2n) is 5.95. The molecule has 26 heavy (non-hydrogen) atoms. The molecule has 9 heteroatoms. The largest absolute Gasteiger partial charge is 0.439 e. The quantitative estimate of drug-likeness (QED) is 0.738. The lowest BCUT2D eigenvalue weighted by Crippen LogP contribution is -2.09. The number of nitrogens with one attached hydrogen (secondary N) is 1. The van der Waals surface area contributed by atoms with Crippen molar-refractivity contribution in [1.82, 2.24) is 19.7 Å². The van der Waals surface area contributed by atoms with Crippen LogP contribution in [0.1, 0.15) is 17.2 Å². The zero-order valence-electron chi connectivity index (χ0n) is 14.9. The van der Waals surface area contributed by atoms with Gasteiger partial charge in [-0.25, -0.2) is 18.1 Å². The second kappa shape index (κ2) is 6.75. The van der Waals surface area contributed by atoms with Gasteiger partial charge in [-0.2, -0.15) is 10.1 Å². The van der Waals surface area contributed by atoms with Crippen LogP contribution in [-0.4, -0.2) is 34.4 Å². The van der Waals surface area contributed by atoms with Crippen LogP contribution in [0, 0.1) is 20.8 Å². The minimum atomic E-state index is -3.31. The van der Waals surface area contributed by atoms with Crippen LogP contribution in [0.4, 0.5) is 5.69 Å². The van der Waals surface area contributed by atoms with Crippen molar-refractivity contribution in [3.05, 3.63) is 53.6 Å². The molecule has 0 aliphatic carbocycles. The Morgan fingerprint density at radius 1 is 1.04 bits per heavy atom. The number of hydrogen-bond donors (Lipinski definition) is 1. The molecule has 3 rings (SSSR count). The lowest BCUT2D eigenvalue weighted by atomic mass is 10.3. The van der Waals surface area contributed by atoms with Gasteiger partial charge in [0.25, 0.3) is 0 Å². The third-order valence-corrected chi connectivity index (χ3v) is 4.01. The van der Waals surface area contributed by atoms with Crippen molar-refractivity contribution in [1.29, 1.82) is 0 Å². The summed E-state index contributed by atoms with van der Waals surface area (Å²) in [4.78, 5) is 8.69. The fourth-order valence-corrected chi connectivity index (χ4v) is 3.04. The van der Waals surface area contributed by atoms with E-state index >= 15 is 0 Å². The predicted molar refractivity (Wildman–Crippen MR) is 98.3 cm³/mol. The second-order valence-corrected chi connectivity index (χ2v) is 7.70. The molecule has 136 valence electrons. The molecule has 0 saturated heterocycles. The van der Waals surface area contributed by atoms with Gasteiger partial charge in [0.1, 0.15) is 11.6 Å². The third-order valence-electron chi connectivity index (χ3n) is 3.41. The van der Waals surface area contributed by atoms with Crippen LogP contribution in [0.3, 0.4) is 0 Å². The zero-order chi connectivity index (χ0) is 18.9. The summed E-state index contributed by atoms with van der Waals surface area (Å²) >= 11 is 0. The van der Waals surface area contributed by atoms with Gasteiger partial charge in [-0.05, 0) is 51.1 Å². The monoisotopic (exact) mass is 373 g/mol. The molecule has 2 aromatic heterocycles. The molecule has 0 amide bonds. The van der Waals surface area contributed by atoms with Gasteiger partial charge in [-0.15, -0.1) is 0 Å². The molecule has 0 radical (unpaired) electrons. The topological polar surface area (TPSA) is 99.0 Å². The van der Waals surface area contributed by atoms with Crippen LogP contribution in [0.25, 0.3) is 5.82 Å². The van der Waals surface area contributed by atoms with E-state index in [9.17, 15) is 8.42 Å². The molecule has 0 unspecified atom stereocenters. The average Bonchev–Trinajstić information content (AvgIpc) is 2.86.